The molecule has 5 nitrogen and oxygen atoms in total. The van der Waals surface area contributed by atoms with Crippen molar-refractivity contribution in [3.05, 3.63) is 29.3 Å². The molecule has 1 aromatic carbocycles. The third-order valence-electron chi connectivity index (χ3n) is 4.63. The molecule has 0 spiro atoms. The summed E-state index contributed by atoms with van der Waals surface area (Å²) in [5.41, 5.74) is 0.620. The molecule has 2 aliphatic heterocycles. The summed E-state index contributed by atoms with van der Waals surface area (Å²) in [6, 6.07) is 7.53. The van der Waals surface area contributed by atoms with E-state index in [1.807, 2.05) is 17.0 Å². The van der Waals surface area contributed by atoms with Gasteiger partial charge in [0, 0.05) is 12.6 Å². The number of nitrogens with zero attached hydrogens (tertiary/aromatic N) is 3. The van der Waals surface area contributed by atoms with Crippen molar-refractivity contribution in [3.8, 4) is 0 Å². The quantitative estimate of drug-likeness (QED) is 0.803. The van der Waals surface area contributed by atoms with Gasteiger partial charge in [-0.2, -0.15) is 0 Å². The van der Waals surface area contributed by atoms with Crippen LogP contribution in [0.5, 0.6) is 0 Å². The number of hydrogen-bond donors (Lipinski definition) is 0. The average molecular weight is 380 g/mol. The lowest BCUT2D eigenvalue weighted by molar-refractivity contribution is -0.132. The second kappa shape index (κ2) is 8.23. The molecule has 134 valence electrons. The highest BCUT2D eigenvalue weighted by atomic mass is 35.5. The molecule has 1 atom stereocenters. The number of rotatable bonds is 4. The third-order valence-corrected chi connectivity index (χ3v) is 5.91. The number of anilines is 1. The first-order valence-electron chi connectivity index (χ1n) is 8.66. The third kappa shape index (κ3) is 4.01. The monoisotopic (exact) mass is 379 g/mol. The molecule has 0 radical (unpaired) electrons. The molecule has 0 N–H and O–H groups in total. The number of likely N-dealkylation sites (tertiary alicyclic amines) is 1. The fraction of sp³-hybridized carbons (Fsp3) is 0.500. The van der Waals surface area contributed by atoms with Gasteiger partial charge in [0.25, 0.3) is 5.91 Å². The summed E-state index contributed by atoms with van der Waals surface area (Å²) in [4.78, 5) is 32.7. The van der Waals surface area contributed by atoms with Crippen molar-refractivity contribution < 1.29 is 9.59 Å². The van der Waals surface area contributed by atoms with Gasteiger partial charge in [0.1, 0.15) is 6.54 Å². The van der Waals surface area contributed by atoms with E-state index in [0.29, 0.717) is 27.7 Å². The summed E-state index contributed by atoms with van der Waals surface area (Å²) >= 11 is 7.54. The molecule has 1 aromatic rings. The number of aliphatic imine (C=N–C) groups is 1. The maximum Gasteiger partial charge on any atom is 0.254 e. The number of halogens is 1. The first-order valence-corrected chi connectivity index (χ1v) is 10.0. The minimum absolute atomic E-state index is 0.100. The molecule has 2 heterocycles. The second-order valence-electron chi connectivity index (χ2n) is 6.21. The van der Waals surface area contributed by atoms with Gasteiger partial charge in [0.15, 0.2) is 5.17 Å². The van der Waals surface area contributed by atoms with Gasteiger partial charge >= 0.3 is 0 Å². The van der Waals surface area contributed by atoms with Crippen LogP contribution in [0, 0.1) is 0 Å². The maximum atomic E-state index is 12.6. The minimum atomic E-state index is -0.118. The van der Waals surface area contributed by atoms with Crippen LogP contribution < -0.4 is 4.90 Å². The zero-order valence-corrected chi connectivity index (χ0v) is 15.9. The van der Waals surface area contributed by atoms with Crippen molar-refractivity contribution in [2.24, 2.45) is 4.99 Å². The number of amidine groups is 1. The molecule has 0 unspecified atom stereocenters. The molecular formula is C18H22ClN3O2S. The average Bonchev–Trinajstić information content (AvgIpc) is 3.00. The minimum Gasteiger partial charge on any atom is -0.339 e. The SMILES string of the molecule is CC[C@@H]1CCCCN1C(=O)CSC1=NCC(=O)N1c1ccccc1Cl. The summed E-state index contributed by atoms with van der Waals surface area (Å²) in [5.74, 6) is 0.300. The maximum absolute atomic E-state index is 12.6. The summed E-state index contributed by atoms with van der Waals surface area (Å²) in [5, 5.41) is 1.05. The van der Waals surface area contributed by atoms with Crippen molar-refractivity contribution in [1.82, 2.24) is 4.90 Å². The highest BCUT2D eigenvalue weighted by molar-refractivity contribution is 8.14. The Kier molecular flexibility index (Phi) is 6.02. The molecule has 1 fully saturated rings. The van der Waals surface area contributed by atoms with E-state index in [2.05, 4.69) is 11.9 Å². The Morgan fingerprint density at radius 3 is 2.92 bits per heavy atom. The molecule has 25 heavy (non-hydrogen) atoms. The van der Waals surface area contributed by atoms with Gasteiger partial charge in [-0.1, -0.05) is 42.4 Å². The van der Waals surface area contributed by atoms with Gasteiger partial charge in [-0.25, -0.2) is 0 Å². The van der Waals surface area contributed by atoms with Crippen LogP contribution in [0.15, 0.2) is 29.3 Å². The molecule has 1 saturated heterocycles. The van der Waals surface area contributed by atoms with E-state index in [0.717, 1.165) is 25.8 Å². The van der Waals surface area contributed by atoms with Crippen LogP contribution in [0.3, 0.4) is 0 Å². The lowest BCUT2D eigenvalue weighted by Gasteiger charge is -2.35. The Balaban J connectivity index is 1.67. The molecule has 2 aliphatic rings. The van der Waals surface area contributed by atoms with Crippen LogP contribution >= 0.6 is 23.4 Å². The van der Waals surface area contributed by atoms with Gasteiger partial charge in [0.05, 0.1) is 16.5 Å². The van der Waals surface area contributed by atoms with Gasteiger partial charge in [-0.3, -0.25) is 19.5 Å². The summed E-state index contributed by atoms with van der Waals surface area (Å²) in [7, 11) is 0. The topological polar surface area (TPSA) is 53.0 Å². The number of benzene rings is 1. The molecule has 0 aromatic heterocycles. The summed E-state index contributed by atoms with van der Waals surface area (Å²) in [6.07, 6.45) is 4.33. The fourth-order valence-corrected chi connectivity index (χ4v) is 4.45. The van der Waals surface area contributed by atoms with E-state index < -0.39 is 0 Å². The van der Waals surface area contributed by atoms with Gasteiger partial charge in [0.2, 0.25) is 5.91 Å². The molecule has 3 rings (SSSR count). The lowest BCUT2D eigenvalue weighted by atomic mass is 10.0. The predicted molar refractivity (Wildman–Crippen MR) is 103 cm³/mol. The smallest absolute Gasteiger partial charge is 0.254 e. The first kappa shape index (κ1) is 18.3. The zero-order chi connectivity index (χ0) is 17.8. The van der Waals surface area contributed by atoms with Crippen LogP contribution in [-0.4, -0.2) is 46.8 Å². The van der Waals surface area contributed by atoms with Gasteiger partial charge < -0.3 is 4.90 Å². The molecule has 2 amide bonds. The highest BCUT2D eigenvalue weighted by Gasteiger charge is 2.31. The van der Waals surface area contributed by atoms with Crippen molar-refractivity contribution >= 4 is 46.0 Å². The molecule has 0 saturated carbocycles. The summed E-state index contributed by atoms with van der Waals surface area (Å²) in [6.45, 7) is 3.06. The van der Waals surface area contributed by atoms with Crippen LogP contribution in [0.4, 0.5) is 5.69 Å². The van der Waals surface area contributed by atoms with Crippen LogP contribution in [-0.2, 0) is 9.59 Å². The van der Waals surface area contributed by atoms with Crippen molar-refractivity contribution in [2.75, 3.05) is 23.7 Å². The van der Waals surface area contributed by atoms with Crippen molar-refractivity contribution in [1.29, 1.82) is 0 Å². The standard InChI is InChI=1S/C18H22ClN3O2S/c1-2-13-7-5-6-10-21(13)17(24)12-25-18-20-11-16(23)22(18)15-9-4-3-8-14(15)19/h3-4,8-9,13H,2,5-7,10-12H2,1H3/t13-/m1/s1. The second-order valence-corrected chi connectivity index (χ2v) is 7.56. The normalized spacial score (nSPS) is 20.8. The molecule has 0 bridgehead atoms. The fourth-order valence-electron chi connectivity index (χ4n) is 3.33. The zero-order valence-electron chi connectivity index (χ0n) is 14.3. The van der Waals surface area contributed by atoms with Crippen LogP contribution in [0.25, 0.3) is 0 Å². The predicted octanol–water partition coefficient (Wildman–Crippen LogP) is 3.57. The Bertz CT molecular complexity index is 695. The number of piperidine rings is 1. The number of carbonyl (C=O) groups excluding carboxylic acids is 2. The number of hydrogen-bond acceptors (Lipinski definition) is 4. The van der Waals surface area contributed by atoms with E-state index >= 15 is 0 Å². The van der Waals surface area contributed by atoms with E-state index in [4.69, 9.17) is 11.6 Å². The lowest BCUT2D eigenvalue weighted by Crippen LogP contribution is -2.44. The molecular weight excluding hydrogens is 358 g/mol. The van der Waals surface area contributed by atoms with E-state index in [9.17, 15) is 9.59 Å². The van der Waals surface area contributed by atoms with Gasteiger partial charge in [-0.05, 0) is 37.8 Å². The van der Waals surface area contributed by atoms with Gasteiger partial charge in [-0.15, -0.1) is 0 Å². The van der Waals surface area contributed by atoms with Crippen LogP contribution in [0.1, 0.15) is 32.6 Å². The van der Waals surface area contributed by atoms with Crippen LogP contribution in [0.2, 0.25) is 5.02 Å². The number of thioether (sulfide) groups is 1. The summed E-state index contributed by atoms with van der Waals surface area (Å²) < 4.78 is 0. The number of carbonyl (C=O) groups is 2. The largest absolute Gasteiger partial charge is 0.339 e. The van der Waals surface area contributed by atoms with E-state index in [1.165, 1.54) is 23.1 Å². The Morgan fingerprint density at radius 2 is 2.16 bits per heavy atom. The highest BCUT2D eigenvalue weighted by Crippen LogP contribution is 2.30. The van der Waals surface area contributed by atoms with E-state index in [-0.39, 0.29) is 18.4 Å². The number of amides is 2. The Morgan fingerprint density at radius 1 is 1.36 bits per heavy atom. The Hall–Kier alpha value is -1.53. The molecule has 7 heteroatoms. The van der Waals surface area contributed by atoms with E-state index in [1.54, 1.807) is 12.1 Å². The first-order chi connectivity index (χ1) is 12.1. The molecule has 0 aliphatic carbocycles. The van der Waals surface area contributed by atoms with Crippen molar-refractivity contribution in [3.63, 3.8) is 0 Å². The number of para-hydroxylation sites is 1. The Labute approximate surface area is 157 Å². The van der Waals surface area contributed by atoms with Crippen molar-refractivity contribution in [2.45, 2.75) is 38.6 Å².